The summed E-state index contributed by atoms with van der Waals surface area (Å²) in [6.45, 7) is 6.01. The maximum Gasteiger partial charge on any atom is 0.263 e. The summed E-state index contributed by atoms with van der Waals surface area (Å²) in [5, 5.41) is 7.89. The Balaban J connectivity index is 1.32. The van der Waals surface area contributed by atoms with Gasteiger partial charge in [0, 0.05) is 37.3 Å². The maximum absolute atomic E-state index is 12.9. The van der Waals surface area contributed by atoms with Gasteiger partial charge in [0.1, 0.15) is 27.1 Å². The summed E-state index contributed by atoms with van der Waals surface area (Å²) in [5.41, 5.74) is 9.61. The molecular formula is C22H24ClN5O2S. The first-order valence-electron chi connectivity index (χ1n) is 10.4. The van der Waals surface area contributed by atoms with Crippen molar-refractivity contribution in [1.82, 2.24) is 15.6 Å². The number of amides is 1. The zero-order valence-corrected chi connectivity index (χ0v) is 18.8. The van der Waals surface area contributed by atoms with E-state index in [9.17, 15) is 4.79 Å². The Bertz CT molecular complexity index is 1160. The molecule has 1 aromatic carbocycles. The first-order chi connectivity index (χ1) is 15.0. The van der Waals surface area contributed by atoms with Crippen LogP contribution >= 0.6 is 22.9 Å². The number of nitrogens with zero attached hydrogens (tertiary/aromatic N) is 2. The van der Waals surface area contributed by atoms with E-state index in [4.69, 9.17) is 22.1 Å². The number of benzene rings is 1. The molecule has 0 radical (unpaired) electrons. The number of aromatic nitrogens is 1. The summed E-state index contributed by atoms with van der Waals surface area (Å²) >= 11 is 8.01. The van der Waals surface area contributed by atoms with Crippen LogP contribution < -0.4 is 26.0 Å². The number of thiophene rings is 1. The van der Waals surface area contributed by atoms with E-state index in [-0.39, 0.29) is 11.9 Å². The Morgan fingerprint density at radius 2 is 2.13 bits per heavy atom. The van der Waals surface area contributed by atoms with Gasteiger partial charge in [0.2, 0.25) is 0 Å². The van der Waals surface area contributed by atoms with E-state index < -0.39 is 0 Å². The van der Waals surface area contributed by atoms with Crippen molar-refractivity contribution in [3.05, 3.63) is 45.4 Å². The molecule has 0 saturated carbocycles. The van der Waals surface area contributed by atoms with Gasteiger partial charge in [0.25, 0.3) is 5.91 Å². The highest BCUT2D eigenvalue weighted by molar-refractivity contribution is 7.21. The molecular weight excluding hydrogens is 434 g/mol. The van der Waals surface area contributed by atoms with Crippen LogP contribution in [-0.4, -0.2) is 49.7 Å². The van der Waals surface area contributed by atoms with Crippen LogP contribution in [-0.2, 0) is 6.42 Å². The van der Waals surface area contributed by atoms with Crippen molar-refractivity contribution in [3.63, 3.8) is 0 Å². The van der Waals surface area contributed by atoms with E-state index in [1.54, 1.807) is 0 Å². The minimum Gasteiger partial charge on any atom is -0.490 e. The number of aryl methyl sites for hydroxylation is 1. The second-order valence-corrected chi connectivity index (χ2v) is 9.34. The molecule has 1 atom stereocenters. The normalized spacial score (nSPS) is 18.5. The molecule has 9 heteroatoms. The third-order valence-corrected chi connectivity index (χ3v) is 7.26. The summed E-state index contributed by atoms with van der Waals surface area (Å²) in [7, 11) is 0. The molecule has 0 aliphatic carbocycles. The van der Waals surface area contributed by atoms with Crippen LogP contribution in [0.1, 0.15) is 20.9 Å². The predicted octanol–water partition coefficient (Wildman–Crippen LogP) is 2.98. The van der Waals surface area contributed by atoms with E-state index in [1.165, 1.54) is 11.3 Å². The van der Waals surface area contributed by atoms with Gasteiger partial charge in [-0.05, 0) is 37.1 Å². The number of halogens is 1. The minimum atomic E-state index is -0.196. The largest absolute Gasteiger partial charge is 0.490 e. The third kappa shape index (κ3) is 3.79. The molecule has 4 N–H and O–H groups in total. The quantitative estimate of drug-likeness (QED) is 0.560. The lowest BCUT2D eigenvalue weighted by atomic mass is 10.0. The summed E-state index contributed by atoms with van der Waals surface area (Å²) in [4.78, 5) is 21.0. The number of ether oxygens (including phenoxy) is 1. The van der Waals surface area contributed by atoms with Crippen molar-refractivity contribution >= 4 is 50.4 Å². The van der Waals surface area contributed by atoms with Gasteiger partial charge in [-0.1, -0.05) is 17.7 Å². The number of nitrogens with two attached hydrogens (primary N) is 1. The topological polar surface area (TPSA) is 92.5 Å². The van der Waals surface area contributed by atoms with Gasteiger partial charge >= 0.3 is 0 Å². The van der Waals surface area contributed by atoms with Gasteiger partial charge in [-0.25, -0.2) is 4.98 Å². The molecule has 7 nitrogen and oxygen atoms in total. The van der Waals surface area contributed by atoms with Crippen LogP contribution in [0, 0.1) is 6.92 Å². The van der Waals surface area contributed by atoms with Gasteiger partial charge < -0.3 is 26.0 Å². The van der Waals surface area contributed by atoms with Gasteiger partial charge in [0.15, 0.2) is 0 Å². The van der Waals surface area contributed by atoms with E-state index in [0.717, 1.165) is 59.1 Å². The number of hydrogen-bond donors (Lipinski definition) is 3. The molecule has 1 saturated heterocycles. The van der Waals surface area contributed by atoms with Crippen molar-refractivity contribution < 1.29 is 9.53 Å². The Morgan fingerprint density at radius 3 is 2.94 bits per heavy atom. The number of piperazine rings is 1. The monoisotopic (exact) mass is 457 g/mol. The highest BCUT2D eigenvalue weighted by Gasteiger charge is 2.28. The minimum absolute atomic E-state index is 0.152. The summed E-state index contributed by atoms with van der Waals surface area (Å²) in [6, 6.07) is 7.77. The maximum atomic E-state index is 12.9. The Kier molecular flexibility index (Phi) is 5.37. The predicted molar refractivity (Wildman–Crippen MR) is 126 cm³/mol. The zero-order valence-electron chi connectivity index (χ0n) is 17.2. The molecule has 2 aromatic heterocycles. The molecule has 0 spiro atoms. The summed E-state index contributed by atoms with van der Waals surface area (Å²) < 4.78 is 6.01. The first kappa shape index (κ1) is 20.4. The van der Waals surface area contributed by atoms with Crippen molar-refractivity contribution in [3.8, 4) is 5.75 Å². The van der Waals surface area contributed by atoms with Crippen molar-refractivity contribution in [2.24, 2.45) is 0 Å². The fraction of sp³-hybridized carbons (Fsp3) is 0.364. The second kappa shape index (κ2) is 8.18. The number of anilines is 2. The van der Waals surface area contributed by atoms with Crippen LogP contribution in [0.3, 0.4) is 0 Å². The lowest BCUT2D eigenvalue weighted by Gasteiger charge is -2.33. The standard InChI is InChI=1S/C22H24ClN5O2S/c1-12-2-4-15-18(24)20(31-22(15)26-12)21(29)27-14-10-13-3-5-16(17(23)19(13)30-11-14)28-8-6-25-7-9-28/h2-5,14,25H,6-11,24H2,1H3,(H,27,29)/t14-/m1/s1. The summed E-state index contributed by atoms with van der Waals surface area (Å²) in [6.07, 6.45) is 0.658. The molecule has 1 fully saturated rings. The van der Waals surface area contributed by atoms with Gasteiger partial charge in [-0.15, -0.1) is 11.3 Å². The number of carbonyl (C=O) groups excluding carboxylic acids is 1. The van der Waals surface area contributed by atoms with E-state index in [2.05, 4.69) is 32.7 Å². The molecule has 2 aliphatic rings. The average molecular weight is 458 g/mol. The molecule has 162 valence electrons. The number of nitrogens with one attached hydrogen (secondary N) is 2. The van der Waals surface area contributed by atoms with Crippen LogP contribution in [0.15, 0.2) is 24.3 Å². The van der Waals surface area contributed by atoms with Crippen molar-refractivity contribution in [2.75, 3.05) is 43.4 Å². The molecule has 1 amide bonds. The van der Waals surface area contributed by atoms with Gasteiger partial charge in [-0.3, -0.25) is 4.79 Å². The second-order valence-electron chi connectivity index (χ2n) is 7.96. The van der Waals surface area contributed by atoms with Crippen molar-refractivity contribution in [1.29, 1.82) is 0 Å². The van der Waals surface area contributed by atoms with E-state index in [0.29, 0.717) is 28.6 Å². The smallest absolute Gasteiger partial charge is 0.263 e. The van der Waals surface area contributed by atoms with Gasteiger partial charge in [-0.2, -0.15) is 0 Å². The SMILES string of the molecule is Cc1ccc2c(N)c(C(=O)N[C@H]3COc4c(ccc(N5CCNCC5)c4Cl)C3)sc2n1. The van der Waals surface area contributed by atoms with Crippen LogP contribution in [0.5, 0.6) is 5.75 Å². The molecule has 0 bridgehead atoms. The number of nitrogen functional groups attached to an aromatic ring is 1. The Morgan fingerprint density at radius 1 is 1.32 bits per heavy atom. The van der Waals surface area contributed by atoms with Crippen molar-refractivity contribution in [2.45, 2.75) is 19.4 Å². The number of fused-ring (bicyclic) bond motifs is 2. The molecule has 31 heavy (non-hydrogen) atoms. The fourth-order valence-electron chi connectivity index (χ4n) is 4.16. The zero-order chi connectivity index (χ0) is 21.5. The Labute approximate surface area is 189 Å². The van der Waals surface area contributed by atoms with E-state index >= 15 is 0 Å². The summed E-state index contributed by atoms with van der Waals surface area (Å²) in [5.74, 6) is 0.531. The molecule has 2 aliphatic heterocycles. The number of carbonyl (C=O) groups is 1. The van der Waals surface area contributed by atoms with E-state index in [1.807, 2.05) is 19.1 Å². The number of hydrogen-bond acceptors (Lipinski definition) is 7. The molecule has 3 aromatic rings. The van der Waals surface area contributed by atoms with Gasteiger partial charge in [0.05, 0.1) is 17.4 Å². The highest BCUT2D eigenvalue weighted by Crippen LogP contribution is 2.40. The lowest BCUT2D eigenvalue weighted by Crippen LogP contribution is -2.44. The third-order valence-electron chi connectivity index (χ3n) is 5.79. The fourth-order valence-corrected chi connectivity index (χ4v) is 5.56. The van der Waals surface area contributed by atoms with Crippen LogP contribution in [0.25, 0.3) is 10.2 Å². The first-order valence-corrected chi connectivity index (χ1v) is 11.6. The lowest BCUT2D eigenvalue weighted by molar-refractivity contribution is 0.0920. The molecule has 0 unspecified atom stereocenters. The Hall–Kier alpha value is -2.55. The highest BCUT2D eigenvalue weighted by atomic mass is 35.5. The number of rotatable bonds is 3. The number of pyridine rings is 1. The molecule has 5 rings (SSSR count). The van der Waals surface area contributed by atoms with Crippen LogP contribution in [0.2, 0.25) is 5.02 Å². The van der Waals surface area contributed by atoms with Crippen LogP contribution in [0.4, 0.5) is 11.4 Å². The average Bonchev–Trinajstić information content (AvgIpc) is 3.10. The molecule has 4 heterocycles.